The first-order valence-electron chi connectivity index (χ1n) is 12.8. The normalized spacial score (nSPS) is 14.7. The van der Waals surface area contributed by atoms with Crippen LogP contribution in [0, 0.1) is 5.92 Å². The molecule has 1 aliphatic heterocycles. The van der Waals surface area contributed by atoms with E-state index < -0.39 is 0 Å². The molecule has 2 amide bonds. The molecule has 0 saturated carbocycles. The number of ether oxygens (including phenoxy) is 1. The number of hydrogen-bond donors (Lipinski definition) is 0. The van der Waals surface area contributed by atoms with Crippen molar-refractivity contribution in [3.63, 3.8) is 0 Å². The van der Waals surface area contributed by atoms with Gasteiger partial charge in [0, 0.05) is 38.3 Å². The number of hydrogen-bond acceptors (Lipinski definition) is 7. The zero-order chi connectivity index (χ0) is 26.2. The Bertz CT molecular complexity index is 1150. The fourth-order valence-corrected chi connectivity index (χ4v) is 4.35. The molecular weight excluding hydrogens is 470 g/mol. The van der Waals surface area contributed by atoms with Gasteiger partial charge in [0.25, 0.3) is 5.91 Å². The smallest absolute Gasteiger partial charge is 0.290 e. The Labute approximate surface area is 218 Å². The molecule has 1 saturated heterocycles. The van der Waals surface area contributed by atoms with Crippen LogP contribution in [0.15, 0.2) is 59.2 Å². The van der Waals surface area contributed by atoms with Crippen LogP contribution in [0.1, 0.15) is 37.2 Å². The van der Waals surface area contributed by atoms with E-state index in [9.17, 15) is 9.59 Å². The zero-order valence-corrected chi connectivity index (χ0v) is 21.8. The second-order valence-corrected chi connectivity index (χ2v) is 9.40. The SMILES string of the molecule is CCC(C)CN(CC(=O)N1CCCN(c2ccc(-c3ccc(OC)cc3)nn2)CC1)C(=O)c1ccco1. The number of carbonyl (C=O) groups is 2. The lowest BCUT2D eigenvalue weighted by molar-refractivity contribution is -0.131. The molecule has 9 nitrogen and oxygen atoms in total. The van der Waals surface area contributed by atoms with E-state index in [1.54, 1.807) is 24.1 Å². The van der Waals surface area contributed by atoms with E-state index in [1.165, 1.54) is 6.26 Å². The first-order valence-corrected chi connectivity index (χ1v) is 12.8. The highest BCUT2D eigenvalue weighted by Crippen LogP contribution is 2.22. The summed E-state index contributed by atoms with van der Waals surface area (Å²) in [5.74, 6) is 1.83. The van der Waals surface area contributed by atoms with Crippen LogP contribution in [0.4, 0.5) is 5.82 Å². The monoisotopic (exact) mass is 505 g/mol. The number of benzene rings is 1. The van der Waals surface area contributed by atoms with Crippen LogP contribution in [0.3, 0.4) is 0 Å². The average molecular weight is 506 g/mol. The molecule has 0 bridgehead atoms. The largest absolute Gasteiger partial charge is 0.497 e. The van der Waals surface area contributed by atoms with E-state index >= 15 is 0 Å². The maximum Gasteiger partial charge on any atom is 0.290 e. The van der Waals surface area contributed by atoms with Crippen LogP contribution in [-0.4, -0.2) is 78.2 Å². The number of furan rings is 1. The summed E-state index contributed by atoms with van der Waals surface area (Å²) in [5.41, 5.74) is 1.76. The third-order valence-corrected chi connectivity index (χ3v) is 6.78. The molecule has 2 aromatic heterocycles. The van der Waals surface area contributed by atoms with Crippen LogP contribution >= 0.6 is 0 Å². The van der Waals surface area contributed by atoms with Gasteiger partial charge in [-0.2, -0.15) is 0 Å². The molecule has 1 aliphatic rings. The molecule has 0 N–H and O–H groups in total. The van der Waals surface area contributed by atoms with Gasteiger partial charge in [0.1, 0.15) is 12.3 Å². The van der Waals surface area contributed by atoms with Crippen molar-refractivity contribution in [1.82, 2.24) is 20.0 Å². The molecule has 1 aromatic carbocycles. The highest BCUT2D eigenvalue weighted by molar-refractivity contribution is 5.94. The molecule has 1 fully saturated rings. The summed E-state index contributed by atoms with van der Waals surface area (Å²) >= 11 is 0. The summed E-state index contributed by atoms with van der Waals surface area (Å²) in [6.07, 6.45) is 3.21. The number of anilines is 1. The van der Waals surface area contributed by atoms with Crippen molar-refractivity contribution in [2.45, 2.75) is 26.7 Å². The van der Waals surface area contributed by atoms with Gasteiger partial charge in [-0.15, -0.1) is 10.2 Å². The Hall–Kier alpha value is -3.88. The second kappa shape index (κ2) is 12.4. The van der Waals surface area contributed by atoms with Crippen LogP contribution in [0.25, 0.3) is 11.3 Å². The number of methoxy groups -OCH3 is 1. The van der Waals surface area contributed by atoms with E-state index in [0.29, 0.717) is 26.2 Å². The zero-order valence-electron chi connectivity index (χ0n) is 21.8. The number of aromatic nitrogens is 2. The second-order valence-electron chi connectivity index (χ2n) is 9.40. The maximum atomic E-state index is 13.2. The molecule has 1 unspecified atom stereocenters. The van der Waals surface area contributed by atoms with Crippen molar-refractivity contribution in [3.8, 4) is 17.0 Å². The topological polar surface area (TPSA) is 92.0 Å². The van der Waals surface area contributed by atoms with Gasteiger partial charge in [0.15, 0.2) is 11.6 Å². The van der Waals surface area contributed by atoms with E-state index in [1.807, 2.05) is 41.3 Å². The van der Waals surface area contributed by atoms with Gasteiger partial charge in [-0.1, -0.05) is 20.3 Å². The molecule has 0 aliphatic carbocycles. The molecule has 3 aromatic rings. The third-order valence-electron chi connectivity index (χ3n) is 6.78. The summed E-state index contributed by atoms with van der Waals surface area (Å²) in [6.45, 7) is 7.35. The molecular formula is C28H35N5O4. The van der Waals surface area contributed by atoms with Gasteiger partial charge >= 0.3 is 0 Å². The van der Waals surface area contributed by atoms with Crippen LogP contribution in [-0.2, 0) is 4.79 Å². The third kappa shape index (κ3) is 6.67. The van der Waals surface area contributed by atoms with Crippen molar-refractivity contribution < 1.29 is 18.7 Å². The van der Waals surface area contributed by atoms with Crippen molar-refractivity contribution in [2.24, 2.45) is 5.92 Å². The first kappa shape index (κ1) is 26.2. The van der Waals surface area contributed by atoms with Gasteiger partial charge in [0.2, 0.25) is 5.91 Å². The molecule has 0 radical (unpaired) electrons. The van der Waals surface area contributed by atoms with Crippen molar-refractivity contribution in [3.05, 3.63) is 60.6 Å². The lowest BCUT2D eigenvalue weighted by Crippen LogP contribution is -2.45. The summed E-state index contributed by atoms with van der Waals surface area (Å²) < 4.78 is 10.5. The number of amides is 2. The average Bonchev–Trinajstić information content (AvgIpc) is 3.36. The lowest BCUT2D eigenvalue weighted by atomic mass is 10.1. The number of carbonyl (C=O) groups excluding carboxylic acids is 2. The van der Waals surface area contributed by atoms with Crippen LogP contribution < -0.4 is 9.64 Å². The number of rotatable bonds is 9. The van der Waals surface area contributed by atoms with Crippen molar-refractivity contribution in [1.29, 1.82) is 0 Å². The van der Waals surface area contributed by atoms with Gasteiger partial charge in [-0.3, -0.25) is 9.59 Å². The Morgan fingerprint density at radius 1 is 1.05 bits per heavy atom. The molecule has 4 rings (SSSR count). The summed E-state index contributed by atoms with van der Waals surface area (Å²) in [6, 6.07) is 15.0. The quantitative estimate of drug-likeness (QED) is 0.434. The standard InChI is InChI=1S/C28H35N5O4/c1-4-21(2)19-33(28(35)25-7-5-18-37-25)20-27(34)32-15-6-14-31(16-17-32)26-13-12-24(29-30-26)22-8-10-23(36-3)11-9-22/h5,7-13,18,21H,4,6,14-17,19-20H2,1-3H3. The van der Waals surface area contributed by atoms with Gasteiger partial charge in [-0.25, -0.2) is 0 Å². The van der Waals surface area contributed by atoms with Crippen LogP contribution in [0.2, 0.25) is 0 Å². The Balaban J connectivity index is 1.37. The molecule has 196 valence electrons. The molecule has 37 heavy (non-hydrogen) atoms. The van der Waals surface area contributed by atoms with Crippen molar-refractivity contribution >= 4 is 17.6 Å². The predicted molar refractivity (Wildman–Crippen MR) is 141 cm³/mol. The minimum atomic E-state index is -0.248. The molecule has 1 atom stereocenters. The van der Waals surface area contributed by atoms with Gasteiger partial charge in [0.05, 0.1) is 19.1 Å². The van der Waals surface area contributed by atoms with E-state index in [-0.39, 0.29) is 30.0 Å². The Morgan fingerprint density at radius 3 is 2.51 bits per heavy atom. The van der Waals surface area contributed by atoms with Gasteiger partial charge < -0.3 is 23.9 Å². The Kier molecular flexibility index (Phi) is 8.77. The lowest BCUT2D eigenvalue weighted by Gasteiger charge is -2.28. The Morgan fingerprint density at radius 2 is 1.86 bits per heavy atom. The predicted octanol–water partition coefficient (Wildman–Crippen LogP) is 3.97. The minimum Gasteiger partial charge on any atom is -0.497 e. The molecule has 9 heteroatoms. The molecule has 0 spiro atoms. The minimum absolute atomic E-state index is 0.0419. The summed E-state index contributed by atoms with van der Waals surface area (Å²) in [4.78, 5) is 31.8. The summed E-state index contributed by atoms with van der Waals surface area (Å²) in [5, 5.41) is 8.87. The highest BCUT2D eigenvalue weighted by atomic mass is 16.5. The first-order chi connectivity index (χ1) is 18.0. The number of nitrogens with zero attached hydrogens (tertiary/aromatic N) is 5. The van der Waals surface area contributed by atoms with E-state index in [2.05, 4.69) is 28.9 Å². The van der Waals surface area contributed by atoms with E-state index in [0.717, 1.165) is 42.2 Å². The fourth-order valence-electron chi connectivity index (χ4n) is 4.35. The van der Waals surface area contributed by atoms with Crippen molar-refractivity contribution in [2.75, 3.05) is 51.3 Å². The summed E-state index contributed by atoms with van der Waals surface area (Å²) in [7, 11) is 1.64. The molecule has 3 heterocycles. The van der Waals surface area contributed by atoms with Gasteiger partial charge in [-0.05, 0) is 60.9 Å². The van der Waals surface area contributed by atoms with Crippen LogP contribution in [0.5, 0.6) is 5.75 Å². The maximum absolute atomic E-state index is 13.2. The highest BCUT2D eigenvalue weighted by Gasteiger charge is 2.26. The van der Waals surface area contributed by atoms with E-state index in [4.69, 9.17) is 9.15 Å². The fraction of sp³-hybridized carbons (Fsp3) is 0.429.